The highest BCUT2D eigenvalue weighted by molar-refractivity contribution is 5.98. The van der Waals surface area contributed by atoms with E-state index in [0.29, 0.717) is 17.7 Å². The van der Waals surface area contributed by atoms with Crippen molar-refractivity contribution in [3.63, 3.8) is 0 Å². The van der Waals surface area contributed by atoms with Crippen LogP contribution in [0.4, 0.5) is 13.2 Å². The van der Waals surface area contributed by atoms with Crippen molar-refractivity contribution in [2.24, 2.45) is 0 Å². The fourth-order valence-corrected chi connectivity index (χ4v) is 4.62. The number of hydrogen-bond acceptors (Lipinski definition) is 5. The van der Waals surface area contributed by atoms with Gasteiger partial charge in [0.1, 0.15) is 6.10 Å². The van der Waals surface area contributed by atoms with Gasteiger partial charge in [0.05, 0.1) is 35.2 Å². The van der Waals surface area contributed by atoms with Gasteiger partial charge in [-0.1, -0.05) is 6.07 Å². The first-order chi connectivity index (χ1) is 15.3. The number of hydrogen-bond donors (Lipinski definition) is 0. The number of alkyl halides is 3. The zero-order valence-electron chi connectivity index (χ0n) is 17.2. The summed E-state index contributed by atoms with van der Waals surface area (Å²) >= 11 is 0. The lowest BCUT2D eigenvalue weighted by Gasteiger charge is -2.25. The maximum Gasteiger partial charge on any atom is 0.417 e. The van der Waals surface area contributed by atoms with E-state index in [1.54, 1.807) is 18.5 Å². The molecule has 1 aromatic carbocycles. The van der Waals surface area contributed by atoms with Gasteiger partial charge >= 0.3 is 6.18 Å². The zero-order chi connectivity index (χ0) is 22.5. The van der Waals surface area contributed by atoms with Crippen LogP contribution in [0.1, 0.15) is 40.7 Å². The Bertz CT molecular complexity index is 1130. The van der Waals surface area contributed by atoms with Crippen LogP contribution in [0, 0.1) is 6.92 Å². The number of aryl methyl sites for hydroxylation is 1. The van der Waals surface area contributed by atoms with Crippen LogP contribution in [0.3, 0.4) is 0 Å². The highest BCUT2D eigenvalue weighted by atomic mass is 19.4. The molecule has 10 heteroatoms. The third-order valence-corrected chi connectivity index (χ3v) is 6.07. The molecule has 5 rings (SSSR count). The molecule has 2 aliphatic rings. The fraction of sp³-hybridized carbons (Fsp3) is 0.364. The smallest absolute Gasteiger partial charge is 0.417 e. The van der Waals surface area contributed by atoms with Crippen LogP contribution < -0.4 is 4.74 Å². The molecule has 0 N–H and O–H groups in total. The second-order valence-corrected chi connectivity index (χ2v) is 8.12. The maximum atomic E-state index is 13.5. The predicted octanol–water partition coefficient (Wildman–Crippen LogP) is 3.81. The number of aromatic nitrogens is 4. The van der Waals surface area contributed by atoms with Crippen molar-refractivity contribution in [1.82, 2.24) is 24.9 Å². The van der Waals surface area contributed by atoms with Crippen molar-refractivity contribution in [1.29, 1.82) is 0 Å². The van der Waals surface area contributed by atoms with Crippen molar-refractivity contribution in [3.05, 3.63) is 65.6 Å². The Morgan fingerprint density at radius 3 is 2.59 bits per heavy atom. The minimum atomic E-state index is -4.45. The molecule has 0 radical (unpaired) electrons. The summed E-state index contributed by atoms with van der Waals surface area (Å²) in [6, 6.07) is 7.53. The van der Waals surface area contributed by atoms with Gasteiger partial charge in [-0.05, 0) is 43.5 Å². The molecule has 0 spiro atoms. The monoisotopic (exact) mass is 443 g/mol. The van der Waals surface area contributed by atoms with Crippen molar-refractivity contribution in [2.45, 2.75) is 50.6 Å². The number of nitrogens with zero attached hydrogens (tertiary/aromatic N) is 5. The van der Waals surface area contributed by atoms with E-state index < -0.39 is 11.7 Å². The lowest BCUT2D eigenvalue weighted by molar-refractivity contribution is -0.137. The summed E-state index contributed by atoms with van der Waals surface area (Å²) in [5.41, 5.74) is 1.26. The minimum Gasteiger partial charge on any atom is -0.472 e. The SMILES string of the molecule is Cc1ccc(C(=O)N2C3CCC2C(Oc2ccc(C(F)(F)F)cn2)C3)c(-n2nccn2)c1. The Kier molecular flexibility index (Phi) is 4.87. The fourth-order valence-electron chi connectivity index (χ4n) is 4.62. The Hall–Kier alpha value is -3.43. The van der Waals surface area contributed by atoms with Gasteiger partial charge in [0, 0.05) is 24.7 Å². The highest BCUT2D eigenvalue weighted by Gasteiger charge is 2.50. The Morgan fingerprint density at radius 1 is 1.12 bits per heavy atom. The minimum absolute atomic E-state index is 0.00619. The molecule has 2 saturated heterocycles. The summed E-state index contributed by atoms with van der Waals surface area (Å²) in [6.45, 7) is 1.93. The van der Waals surface area contributed by atoms with Gasteiger partial charge in [-0.2, -0.15) is 28.2 Å². The molecular formula is C22H20F3N5O2. The largest absolute Gasteiger partial charge is 0.472 e. The van der Waals surface area contributed by atoms with Crippen LogP contribution in [0.5, 0.6) is 5.88 Å². The molecular weight excluding hydrogens is 423 g/mol. The molecule has 7 nitrogen and oxygen atoms in total. The average molecular weight is 443 g/mol. The van der Waals surface area contributed by atoms with Crippen molar-refractivity contribution in [3.8, 4) is 11.6 Å². The van der Waals surface area contributed by atoms with Crippen LogP contribution in [0.15, 0.2) is 48.9 Å². The Balaban J connectivity index is 1.37. The van der Waals surface area contributed by atoms with E-state index in [1.165, 1.54) is 10.9 Å². The van der Waals surface area contributed by atoms with Gasteiger partial charge in [0.15, 0.2) is 0 Å². The van der Waals surface area contributed by atoms with E-state index in [-0.39, 0.29) is 30.0 Å². The topological polar surface area (TPSA) is 73.1 Å². The van der Waals surface area contributed by atoms with Crippen LogP contribution in [-0.4, -0.2) is 49.0 Å². The summed E-state index contributed by atoms with van der Waals surface area (Å²) in [7, 11) is 0. The van der Waals surface area contributed by atoms with E-state index in [1.807, 2.05) is 24.0 Å². The van der Waals surface area contributed by atoms with E-state index >= 15 is 0 Å². The van der Waals surface area contributed by atoms with Crippen LogP contribution in [0.2, 0.25) is 0 Å². The summed E-state index contributed by atoms with van der Waals surface area (Å²) in [6.07, 6.45) is 1.34. The van der Waals surface area contributed by atoms with E-state index in [4.69, 9.17) is 4.74 Å². The zero-order valence-corrected chi connectivity index (χ0v) is 17.2. The average Bonchev–Trinajstić information content (AvgIpc) is 3.49. The molecule has 2 fully saturated rings. The Labute approximate surface area is 181 Å². The first kappa shape index (κ1) is 20.5. The highest BCUT2D eigenvalue weighted by Crippen LogP contribution is 2.41. The third-order valence-electron chi connectivity index (χ3n) is 6.07. The predicted molar refractivity (Wildman–Crippen MR) is 107 cm³/mol. The summed E-state index contributed by atoms with van der Waals surface area (Å²) in [4.78, 5) is 20.6. The number of halogens is 3. The lowest BCUT2D eigenvalue weighted by Crippen LogP contribution is -2.39. The molecule has 2 bridgehead atoms. The van der Waals surface area contributed by atoms with Crippen LogP contribution >= 0.6 is 0 Å². The molecule has 3 aromatic rings. The molecule has 4 heterocycles. The number of carbonyl (C=O) groups is 1. The number of benzene rings is 1. The number of rotatable bonds is 4. The summed E-state index contributed by atoms with van der Waals surface area (Å²) in [5.74, 6) is -0.00371. The van der Waals surface area contributed by atoms with Gasteiger partial charge in [-0.15, -0.1) is 0 Å². The number of ether oxygens (including phenoxy) is 1. The molecule has 0 aliphatic carbocycles. The van der Waals surface area contributed by atoms with Crippen LogP contribution in [-0.2, 0) is 6.18 Å². The number of pyridine rings is 1. The molecule has 166 valence electrons. The maximum absolute atomic E-state index is 13.5. The van der Waals surface area contributed by atoms with E-state index in [9.17, 15) is 18.0 Å². The van der Waals surface area contributed by atoms with Gasteiger partial charge in [0.25, 0.3) is 5.91 Å². The first-order valence-corrected chi connectivity index (χ1v) is 10.3. The van der Waals surface area contributed by atoms with Gasteiger partial charge < -0.3 is 9.64 Å². The molecule has 2 aliphatic heterocycles. The molecule has 0 saturated carbocycles. The molecule has 3 unspecified atom stereocenters. The van der Waals surface area contributed by atoms with E-state index in [0.717, 1.165) is 30.7 Å². The van der Waals surface area contributed by atoms with Crippen LogP contribution in [0.25, 0.3) is 5.69 Å². The quantitative estimate of drug-likeness (QED) is 0.613. The van der Waals surface area contributed by atoms with Gasteiger partial charge in [0.2, 0.25) is 5.88 Å². The lowest BCUT2D eigenvalue weighted by atomic mass is 9.98. The first-order valence-electron chi connectivity index (χ1n) is 10.3. The van der Waals surface area contributed by atoms with E-state index in [2.05, 4.69) is 15.2 Å². The summed E-state index contributed by atoms with van der Waals surface area (Å²) < 4.78 is 44.2. The van der Waals surface area contributed by atoms with Gasteiger partial charge in [-0.25, -0.2) is 4.98 Å². The van der Waals surface area contributed by atoms with Crippen molar-refractivity contribution >= 4 is 5.91 Å². The van der Waals surface area contributed by atoms with Crippen molar-refractivity contribution < 1.29 is 22.7 Å². The normalized spacial score (nSPS) is 22.4. The molecule has 1 amide bonds. The second kappa shape index (κ2) is 7.61. The standard InChI is InChI=1S/C22H20F3N5O2/c1-13-2-5-16(18(10-13)30-27-8-9-28-30)21(31)29-15-4-6-17(29)19(11-15)32-20-7-3-14(12-26-20)22(23,24)25/h2-3,5,7-10,12,15,17,19H,4,6,11H2,1H3. The van der Waals surface area contributed by atoms with Gasteiger partial charge in [-0.3, -0.25) is 4.79 Å². The number of carbonyl (C=O) groups excluding carboxylic acids is 1. The number of fused-ring (bicyclic) bond motifs is 2. The third kappa shape index (κ3) is 3.59. The molecule has 32 heavy (non-hydrogen) atoms. The second-order valence-electron chi connectivity index (χ2n) is 8.12. The molecule has 2 aromatic heterocycles. The number of amides is 1. The van der Waals surface area contributed by atoms with Crippen molar-refractivity contribution in [2.75, 3.05) is 0 Å². The Morgan fingerprint density at radius 2 is 1.91 bits per heavy atom. The molecule has 3 atom stereocenters. The summed E-state index contributed by atoms with van der Waals surface area (Å²) in [5, 5.41) is 8.34.